The molecule has 1 aliphatic rings. The summed E-state index contributed by atoms with van der Waals surface area (Å²) in [5.41, 5.74) is 1.60. The topological polar surface area (TPSA) is 35.5 Å². The smallest absolute Gasteiger partial charge is 0.338 e. The first-order chi connectivity index (χ1) is 8.54. The minimum atomic E-state index is -0.298. The Morgan fingerprint density at radius 2 is 2.22 bits per heavy atom. The Balaban J connectivity index is 2.42. The van der Waals surface area contributed by atoms with Crippen molar-refractivity contribution in [3.63, 3.8) is 0 Å². The zero-order valence-electron chi connectivity index (χ0n) is 10.6. The van der Waals surface area contributed by atoms with Gasteiger partial charge < -0.3 is 9.47 Å². The highest BCUT2D eigenvalue weighted by Crippen LogP contribution is 2.40. The van der Waals surface area contributed by atoms with Gasteiger partial charge in [-0.05, 0) is 32.0 Å². The zero-order valence-corrected chi connectivity index (χ0v) is 12.2. The molecule has 1 heterocycles. The first kappa shape index (κ1) is 13.1. The Hall–Kier alpha value is -1.29. The minimum Gasteiger partial charge on any atom is -0.463 e. The molecule has 0 N–H and O–H groups in total. The van der Waals surface area contributed by atoms with Gasteiger partial charge in [0.05, 0.1) is 12.2 Å². The third kappa shape index (κ3) is 2.29. The number of fused-ring (bicyclic) bond motifs is 1. The molecule has 0 saturated carbocycles. The average Bonchev–Trinajstić information content (AvgIpc) is 2.31. The van der Waals surface area contributed by atoms with Gasteiger partial charge in [-0.3, -0.25) is 0 Å². The normalized spacial score (nSPS) is 18.1. The van der Waals surface area contributed by atoms with Crippen LogP contribution in [0.5, 0.6) is 5.75 Å². The Kier molecular flexibility index (Phi) is 3.76. The monoisotopic (exact) mass is 310 g/mol. The highest BCUT2D eigenvalue weighted by Gasteiger charge is 2.30. The van der Waals surface area contributed by atoms with Crippen molar-refractivity contribution in [2.75, 3.05) is 6.61 Å². The fraction of sp³-hybridized carbons (Fsp3) is 0.357. The number of hydrogen-bond acceptors (Lipinski definition) is 3. The zero-order chi connectivity index (χ0) is 13.3. The lowest BCUT2D eigenvalue weighted by Crippen LogP contribution is -2.20. The van der Waals surface area contributed by atoms with Crippen molar-refractivity contribution in [3.8, 4) is 5.75 Å². The summed E-state index contributed by atoms with van der Waals surface area (Å²) in [6.07, 6.45) is 0. The molecule has 0 amide bonds. The molecule has 96 valence electrons. The predicted molar refractivity (Wildman–Crippen MR) is 72.5 cm³/mol. The molecule has 1 aromatic carbocycles. The summed E-state index contributed by atoms with van der Waals surface area (Å²) >= 11 is 3.43. The Morgan fingerprint density at radius 3 is 2.89 bits per heavy atom. The van der Waals surface area contributed by atoms with Gasteiger partial charge in [-0.15, -0.1) is 0 Å². The third-order valence-corrected chi connectivity index (χ3v) is 3.50. The summed E-state index contributed by atoms with van der Waals surface area (Å²) < 4.78 is 11.7. The Bertz CT molecular complexity index is 520. The molecule has 1 aromatic rings. The van der Waals surface area contributed by atoms with Crippen molar-refractivity contribution >= 4 is 21.9 Å². The summed E-state index contributed by atoms with van der Waals surface area (Å²) in [6.45, 7) is 5.96. The summed E-state index contributed by atoms with van der Waals surface area (Å²) in [5.74, 6) is 1.10. The summed E-state index contributed by atoms with van der Waals surface area (Å²) in [7, 11) is 0. The van der Waals surface area contributed by atoms with E-state index in [1.807, 2.05) is 25.1 Å². The summed E-state index contributed by atoms with van der Waals surface area (Å²) in [6, 6.07) is 5.81. The molecule has 1 atom stereocenters. The number of hydrogen-bond donors (Lipinski definition) is 0. The van der Waals surface area contributed by atoms with E-state index >= 15 is 0 Å². The molecule has 1 unspecified atom stereocenters. The number of carbonyl (C=O) groups excluding carboxylic acids is 1. The van der Waals surface area contributed by atoms with E-state index in [4.69, 9.17) is 9.47 Å². The van der Waals surface area contributed by atoms with E-state index in [-0.39, 0.29) is 11.9 Å². The molecule has 3 nitrogen and oxygen atoms in total. The number of ether oxygens (including phenoxy) is 2. The van der Waals surface area contributed by atoms with Gasteiger partial charge in [0.1, 0.15) is 11.5 Å². The standard InChI is InChI=1S/C14H15BrO3/c1-4-17-14(16)13-8(2)11-7-10(15)5-6-12(11)18-9(13)3/h5-8H,4H2,1-3H3. The molecule has 4 heteroatoms. The number of benzene rings is 1. The van der Waals surface area contributed by atoms with Gasteiger partial charge in [0.15, 0.2) is 0 Å². The lowest BCUT2D eigenvalue weighted by Gasteiger charge is -2.26. The molecular formula is C14H15BrO3. The maximum atomic E-state index is 11.9. The maximum Gasteiger partial charge on any atom is 0.338 e. The highest BCUT2D eigenvalue weighted by atomic mass is 79.9. The van der Waals surface area contributed by atoms with Gasteiger partial charge in [-0.2, -0.15) is 0 Å². The molecule has 2 rings (SSSR count). The Morgan fingerprint density at radius 1 is 1.50 bits per heavy atom. The van der Waals surface area contributed by atoms with Crippen molar-refractivity contribution in [1.29, 1.82) is 0 Å². The van der Waals surface area contributed by atoms with Crippen LogP contribution in [0.25, 0.3) is 0 Å². The van der Waals surface area contributed by atoms with Crippen molar-refractivity contribution < 1.29 is 14.3 Å². The second kappa shape index (κ2) is 5.14. The third-order valence-electron chi connectivity index (χ3n) is 3.01. The molecular weight excluding hydrogens is 296 g/mol. The van der Waals surface area contributed by atoms with Crippen LogP contribution in [0.3, 0.4) is 0 Å². The number of allylic oxidation sites excluding steroid dienone is 1. The van der Waals surface area contributed by atoms with Gasteiger partial charge in [-0.25, -0.2) is 4.79 Å². The number of carbonyl (C=O) groups is 1. The van der Waals surface area contributed by atoms with E-state index in [1.165, 1.54) is 0 Å². The highest BCUT2D eigenvalue weighted by molar-refractivity contribution is 9.10. The van der Waals surface area contributed by atoms with Gasteiger partial charge in [0.2, 0.25) is 0 Å². The van der Waals surface area contributed by atoms with E-state index < -0.39 is 0 Å². The van der Waals surface area contributed by atoms with E-state index in [0.29, 0.717) is 17.9 Å². The van der Waals surface area contributed by atoms with E-state index in [2.05, 4.69) is 15.9 Å². The second-order valence-corrected chi connectivity index (χ2v) is 5.11. The van der Waals surface area contributed by atoms with Crippen LogP contribution in [-0.4, -0.2) is 12.6 Å². The van der Waals surface area contributed by atoms with Crippen LogP contribution in [0.2, 0.25) is 0 Å². The van der Waals surface area contributed by atoms with Crippen molar-refractivity contribution in [2.45, 2.75) is 26.7 Å². The molecule has 0 saturated heterocycles. The van der Waals surface area contributed by atoms with Crippen LogP contribution in [0.15, 0.2) is 34.0 Å². The van der Waals surface area contributed by atoms with Gasteiger partial charge in [0.25, 0.3) is 0 Å². The van der Waals surface area contributed by atoms with Crippen LogP contribution in [0, 0.1) is 0 Å². The van der Waals surface area contributed by atoms with Crippen LogP contribution < -0.4 is 4.74 Å². The van der Waals surface area contributed by atoms with E-state index in [9.17, 15) is 4.79 Å². The molecule has 0 spiro atoms. The van der Waals surface area contributed by atoms with E-state index in [0.717, 1.165) is 15.8 Å². The number of halogens is 1. The quantitative estimate of drug-likeness (QED) is 0.780. The average molecular weight is 311 g/mol. The van der Waals surface area contributed by atoms with Crippen LogP contribution in [0.4, 0.5) is 0 Å². The van der Waals surface area contributed by atoms with Crippen LogP contribution >= 0.6 is 15.9 Å². The second-order valence-electron chi connectivity index (χ2n) is 4.20. The largest absolute Gasteiger partial charge is 0.463 e. The summed E-state index contributed by atoms with van der Waals surface area (Å²) in [5, 5.41) is 0. The lowest BCUT2D eigenvalue weighted by molar-refractivity contribution is -0.139. The molecule has 1 aliphatic heterocycles. The maximum absolute atomic E-state index is 11.9. The van der Waals surface area contributed by atoms with Crippen LogP contribution in [-0.2, 0) is 9.53 Å². The Labute approximate surface area is 115 Å². The first-order valence-electron chi connectivity index (χ1n) is 5.89. The van der Waals surface area contributed by atoms with Crippen molar-refractivity contribution in [1.82, 2.24) is 0 Å². The molecule has 0 bridgehead atoms. The SMILES string of the molecule is CCOC(=O)C1=C(C)Oc2ccc(Br)cc2C1C. The molecule has 0 radical (unpaired) electrons. The predicted octanol–water partition coefficient (Wildman–Crippen LogP) is 3.78. The van der Waals surface area contributed by atoms with Crippen molar-refractivity contribution in [2.24, 2.45) is 0 Å². The fourth-order valence-electron chi connectivity index (χ4n) is 2.16. The van der Waals surface area contributed by atoms with E-state index in [1.54, 1.807) is 13.8 Å². The molecule has 0 fully saturated rings. The van der Waals surface area contributed by atoms with Gasteiger partial charge in [-0.1, -0.05) is 22.9 Å². The molecule has 18 heavy (non-hydrogen) atoms. The van der Waals surface area contributed by atoms with Gasteiger partial charge in [0, 0.05) is 16.0 Å². The minimum absolute atomic E-state index is 0.0229. The molecule has 0 aromatic heterocycles. The fourth-order valence-corrected chi connectivity index (χ4v) is 2.54. The summed E-state index contributed by atoms with van der Waals surface area (Å²) in [4.78, 5) is 11.9. The van der Waals surface area contributed by atoms with Crippen molar-refractivity contribution in [3.05, 3.63) is 39.6 Å². The molecule has 0 aliphatic carbocycles. The lowest BCUT2D eigenvalue weighted by atomic mass is 9.89. The first-order valence-corrected chi connectivity index (χ1v) is 6.69. The number of rotatable bonds is 2. The van der Waals surface area contributed by atoms with Crippen LogP contribution in [0.1, 0.15) is 32.3 Å². The van der Waals surface area contributed by atoms with Gasteiger partial charge >= 0.3 is 5.97 Å². The number of esters is 1.